The summed E-state index contributed by atoms with van der Waals surface area (Å²) in [7, 11) is 0. The lowest BCUT2D eigenvalue weighted by Gasteiger charge is -2.20. The van der Waals surface area contributed by atoms with E-state index in [4.69, 9.17) is 4.42 Å². The average Bonchev–Trinajstić information content (AvgIpc) is 2.97. The molecule has 0 aliphatic carbocycles. The van der Waals surface area contributed by atoms with Crippen LogP contribution in [-0.4, -0.2) is 17.3 Å². The van der Waals surface area contributed by atoms with Gasteiger partial charge in [0.05, 0.1) is 18.1 Å². The van der Waals surface area contributed by atoms with Gasteiger partial charge in [-0.05, 0) is 26.0 Å². The molecule has 0 fully saturated rings. The summed E-state index contributed by atoms with van der Waals surface area (Å²) in [4.78, 5) is 36.4. The molecule has 0 N–H and O–H groups in total. The van der Waals surface area contributed by atoms with Crippen LogP contribution in [0.3, 0.4) is 0 Å². The minimum Gasteiger partial charge on any atom is -0.469 e. The molecule has 2 rings (SSSR count). The first kappa shape index (κ1) is 14.9. The fourth-order valence-electron chi connectivity index (χ4n) is 2.45. The normalized spacial score (nSPS) is 12.1. The number of hydrogen-bond donors (Lipinski definition) is 0. The van der Waals surface area contributed by atoms with Crippen molar-refractivity contribution in [3.05, 3.63) is 60.1 Å². The summed E-state index contributed by atoms with van der Waals surface area (Å²) in [6, 6.07) is 11.9. The van der Waals surface area contributed by atoms with Crippen LogP contribution in [0.5, 0.6) is 0 Å². The maximum Gasteiger partial charge on any atom is 0.174 e. The van der Waals surface area contributed by atoms with Gasteiger partial charge in [-0.3, -0.25) is 14.4 Å². The Kier molecular flexibility index (Phi) is 4.48. The van der Waals surface area contributed by atoms with Gasteiger partial charge in [0.15, 0.2) is 5.78 Å². The van der Waals surface area contributed by atoms with E-state index in [9.17, 15) is 14.4 Å². The first-order chi connectivity index (χ1) is 10.0. The number of furan rings is 1. The van der Waals surface area contributed by atoms with E-state index in [0.717, 1.165) is 0 Å². The number of Topliss-reactive ketones (excluding diaryl/α,β-unsaturated/α-hetero) is 3. The molecule has 0 spiro atoms. The Labute approximate surface area is 122 Å². The highest BCUT2D eigenvalue weighted by atomic mass is 16.3. The third kappa shape index (κ3) is 3.16. The Morgan fingerprint density at radius 3 is 2.00 bits per heavy atom. The molecule has 1 aromatic heterocycles. The minimum absolute atomic E-state index is 0.291. The summed E-state index contributed by atoms with van der Waals surface area (Å²) in [6.07, 6.45) is 1.43. The van der Waals surface area contributed by atoms with Gasteiger partial charge in [-0.2, -0.15) is 0 Å². The highest BCUT2D eigenvalue weighted by Gasteiger charge is 2.38. The van der Waals surface area contributed by atoms with Gasteiger partial charge < -0.3 is 4.42 Å². The second-order valence-electron chi connectivity index (χ2n) is 4.92. The summed E-state index contributed by atoms with van der Waals surface area (Å²) in [5.74, 6) is -2.58. The zero-order valence-electron chi connectivity index (χ0n) is 11.9. The number of hydrogen-bond acceptors (Lipinski definition) is 4. The molecule has 21 heavy (non-hydrogen) atoms. The summed E-state index contributed by atoms with van der Waals surface area (Å²) in [5.41, 5.74) is 0.450. The number of carbonyl (C=O) groups excluding carboxylic acids is 3. The molecule has 0 amide bonds. The lowest BCUT2D eigenvalue weighted by molar-refractivity contribution is -0.131. The predicted molar refractivity (Wildman–Crippen MR) is 77.1 cm³/mol. The quantitative estimate of drug-likeness (QED) is 0.604. The van der Waals surface area contributed by atoms with Crippen LogP contribution in [0.1, 0.15) is 35.9 Å². The van der Waals surface area contributed by atoms with Crippen molar-refractivity contribution in [1.82, 2.24) is 0 Å². The summed E-state index contributed by atoms with van der Waals surface area (Å²) in [5, 5.41) is 0. The first-order valence-electron chi connectivity index (χ1n) is 6.66. The lowest BCUT2D eigenvalue weighted by atomic mass is 9.79. The Balaban J connectivity index is 2.49. The number of benzene rings is 1. The molecule has 0 saturated carbocycles. The van der Waals surface area contributed by atoms with Gasteiger partial charge in [0.1, 0.15) is 17.3 Å². The Morgan fingerprint density at radius 2 is 1.52 bits per heavy atom. The summed E-state index contributed by atoms with van der Waals surface area (Å²) >= 11 is 0. The topological polar surface area (TPSA) is 64.3 Å². The molecule has 1 atom stereocenters. The van der Waals surface area contributed by atoms with E-state index >= 15 is 0 Å². The van der Waals surface area contributed by atoms with Crippen molar-refractivity contribution in [2.24, 2.45) is 5.92 Å². The number of carbonyl (C=O) groups is 3. The van der Waals surface area contributed by atoms with E-state index in [1.165, 1.54) is 20.1 Å². The van der Waals surface area contributed by atoms with Crippen LogP contribution in [-0.2, 0) is 9.59 Å². The molecule has 1 heterocycles. The maximum atomic E-state index is 12.7. The molecule has 0 aliphatic rings. The van der Waals surface area contributed by atoms with Gasteiger partial charge in [0.2, 0.25) is 0 Å². The molecule has 1 unspecified atom stereocenters. The smallest absolute Gasteiger partial charge is 0.174 e. The molecule has 1 aromatic carbocycles. The van der Waals surface area contributed by atoms with Crippen LogP contribution in [0.25, 0.3) is 0 Å². The molecule has 4 heteroatoms. The third-order valence-electron chi connectivity index (χ3n) is 3.40. The van der Waals surface area contributed by atoms with Gasteiger partial charge in [-0.25, -0.2) is 0 Å². The Hall–Kier alpha value is -2.49. The first-order valence-corrected chi connectivity index (χ1v) is 6.66. The van der Waals surface area contributed by atoms with E-state index in [1.807, 2.05) is 0 Å². The van der Waals surface area contributed by atoms with Crippen molar-refractivity contribution in [2.45, 2.75) is 19.8 Å². The monoisotopic (exact) mass is 284 g/mol. The van der Waals surface area contributed by atoms with Crippen molar-refractivity contribution in [3.63, 3.8) is 0 Å². The zero-order valence-corrected chi connectivity index (χ0v) is 11.9. The molecule has 4 nitrogen and oxygen atoms in total. The third-order valence-corrected chi connectivity index (χ3v) is 3.40. The van der Waals surface area contributed by atoms with E-state index in [0.29, 0.717) is 11.3 Å². The maximum absolute atomic E-state index is 12.7. The van der Waals surface area contributed by atoms with Crippen molar-refractivity contribution in [1.29, 1.82) is 0 Å². The predicted octanol–water partition coefficient (Wildman–Crippen LogP) is 3.04. The standard InChI is InChI=1S/C17H16O4/c1-11(18)15(12(2)19)16(14-9-6-10-21-14)17(20)13-7-4-3-5-8-13/h3-10,15-16H,1-2H3. The zero-order chi connectivity index (χ0) is 15.4. The van der Waals surface area contributed by atoms with E-state index < -0.39 is 11.8 Å². The molecule has 2 aromatic rings. The number of rotatable bonds is 6. The van der Waals surface area contributed by atoms with Crippen LogP contribution in [0, 0.1) is 5.92 Å². The SMILES string of the molecule is CC(=O)C(C(C)=O)C(C(=O)c1ccccc1)c1ccco1. The second-order valence-corrected chi connectivity index (χ2v) is 4.92. The van der Waals surface area contributed by atoms with Gasteiger partial charge in [-0.15, -0.1) is 0 Å². The van der Waals surface area contributed by atoms with Crippen molar-refractivity contribution in [2.75, 3.05) is 0 Å². The minimum atomic E-state index is -1.02. The second kappa shape index (κ2) is 6.31. The average molecular weight is 284 g/mol. The Bertz CT molecular complexity index is 627. The van der Waals surface area contributed by atoms with E-state index in [-0.39, 0.29) is 17.3 Å². The van der Waals surface area contributed by atoms with Crippen LogP contribution in [0.15, 0.2) is 53.1 Å². The van der Waals surface area contributed by atoms with Crippen LogP contribution < -0.4 is 0 Å². The van der Waals surface area contributed by atoms with Crippen LogP contribution >= 0.6 is 0 Å². The van der Waals surface area contributed by atoms with Crippen molar-refractivity contribution in [3.8, 4) is 0 Å². The Morgan fingerprint density at radius 1 is 0.905 bits per heavy atom. The molecule has 108 valence electrons. The van der Waals surface area contributed by atoms with Crippen molar-refractivity contribution >= 4 is 17.3 Å². The fourth-order valence-corrected chi connectivity index (χ4v) is 2.45. The lowest BCUT2D eigenvalue weighted by Crippen LogP contribution is -2.32. The van der Waals surface area contributed by atoms with Gasteiger partial charge in [-0.1, -0.05) is 30.3 Å². The summed E-state index contributed by atoms with van der Waals surface area (Å²) in [6.45, 7) is 2.64. The number of ketones is 3. The van der Waals surface area contributed by atoms with Crippen LogP contribution in [0.4, 0.5) is 0 Å². The molecule has 0 bridgehead atoms. The molecular formula is C17H16O4. The van der Waals surface area contributed by atoms with E-state index in [2.05, 4.69) is 0 Å². The highest BCUT2D eigenvalue weighted by molar-refractivity contribution is 6.10. The highest BCUT2D eigenvalue weighted by Crippen LogP contribution is 2.30. The van der Waals surface area contributed by atoms with Gasteiger partial charge in [0, 0.05) is 5.56 Å². The van der Waals surface area contributed by atoms with Gasteiger partial charge >= 0.3 is 0 Å². The summed E-state index contributed by atoms with van der Waals surface area (Å²) < 4.78 is 5.29. The molecular weight excluding hydrogens is 268 g/mol. The fraction of sp³-hybridized carbons (Fsp3) is 0.235. The largest absolute Gasteiger partial charge is 0.469 e. The van der Waals surface area contributed by atoms with E-state index in [1.54, 1.807) is 42.5 Å². The van der Waals surface area contributed by atoms with Crippen LogP contribution in [0.2, 0.25) is 0 Å². The molecule has 0 saturated heterocycles. The molecule has 0 aliphatic heterocycles. The van der Waals surface area contributed by atoms with Gasteiger partial charge in [0.25, 0.3) is 0 Å². The molecule has 0 radical (unpaired) electrons. The van der Waals surface area contributed by atoms with Crippen molar-refractivity contribution < 1.29 is 18.8 Å².